The first-order chi connectivity index (χ1) is 10.2. The van der Waals surface area contributed by atoms with E-state index in [1.807, 2.05) is 20.8 Å². The number of nitrogens with zero attached hydrogens (tertiary/aromatic N) is 1. The Morgan fingerprint density at radius 2 is 2.09 bits per heavy atom. The van der Waals surface area contributed by atoms with E-state index in [9.17, 15) is 9.59 Å². The molecule has 0 aliphatic carbocycles. The molecule has 1 aliphatic heterocycles. The summed E-state index contributed by atoms with van der Waals surface area (Å²) < 4.78 is 0. The van der Waals surface area contributed by atoms with Crippen LogP contribution in [0, 0.1) is 17.8 Å². The number of hydrazine groups is 1. The molecule has 0 aromatic heterocycles. The van der Waals surface area contributed by atoms with Crippen LogP contribution in [0.3, 0.4) is 0 Å². The number of hydrogen-bond acceptors (Lipinski definition) is 3. The summed E-state index contributed by atoms with van der Waals surface area (Å²) in [6.45, 7) is 11.5. The van der Waals surface area contributed by atoms with Gasteiger partial charge in [-0.25, -0.2) is 5.43 Å². The molecule has 0 spiro atoms. The highest BCUT2D eigenvalue weighted by Crippen LogP contribution is 2.26. The molecule has 2 unspecified atom stereocenters. The first-order valence-corrected chi connectivity index (χ1v) is 8.00. The Morgan fingerprint density at radius 3 is 2.55 bits per heavy atom. The van der Waals surface area contributed by atoms with Crippen molar-refractivity contribution in [2.45, 2.75) is 71.9 Å². The van der Waals surface area contributed by atoms with Crippen LogP contribution in [0.4, 0.5) is 0 Å². The third kappa shape index (κ3) is 4.45. The lowest BCUT2D eigenvalue weighted by Crippen LogP contribution is -2.71. The highest BCUT2D eigenvalue weighted by molar-refractivity contribution is 5.95. The van der Waals surface area contributed by atoms with Gasteiger partial charge in [0.2, 0.25) is 0 Å². The highest BCUT2D eigenvalue weighted by atomic mass is 16.2. The molecule has 0 aromatic carbocycles. The summed E-state index contributed by atoms with van der Waals surface area (Å²) in [5.74, 6) is 2.45. The van der Waals surface area contributed by atoms with Crippen molar-refractivity contribution in [2.75, 3.05) is 0 Å². The number of hydrogen-bond donors (Lipinski definition) is 1. The van der Waals surface area contributed by atoms with E-state index in [0.29, 0.717) is 12.0 Å². The topological polar surface area (TPSA) is 49.4 Å². The van der Waals surface area contributed by atoms with Crippen molar-refractivity contribution in [1.29, 1.82) is 0 Å². The molecular weight excluding hydrogens is 276 g/mol. The second-order valence-corrected chi connectivity index (χ2v) is 6.97. The number of terminal acetylenes is 1. The van der Waals surface area contributed by atoms with Crippen molar-refractivity contribution in [3.8, 4) is 12.3 Å². The number of unbranched alkanes of at least 4 members (excludes halogenated alkanes) is 2. The van der Waals surface area contributed by atoms with Gasteiger partial charge in [0.05, 0.1) is 0 Å². The molecule has 0 radical (unpaired) electrons. The predicted molar refractivity (Wildman–Crippen MR) is 88.8 cm³/mol. The number of carbonyl (C=O) groups is 2. The SMILES string of the molecule is C#CC(=C)CC(C(=O)C(C)(C)C)N1NC(CCCCC)C1=O. The van der Waals surface area contributed by atoms with Crippen LogP contribution < -0.4 is 5.43 Å². The van der Waals surface area contributed by atoms with Gasteiger partial charge in [0.1, 0.15) is 12.1 Å². The molecule has 1 saturated heterocycles. The lowest BCUT2D eigenvalue weighted by atomic mass is 9.83. The average molecular weight is 304 g/mol. The second kappa shape index (κ2) is 7.60. The third-order valence-corrected chi connectivity index (χ3v) is 3.92. The number of Topliss-reactive ketones (excluding diaryl/α,β-unsaturated/α-hetero) is 1. The summed E-state index contributed by atoms with van der Waals surface area (Å²) >= 11 is 0. The van der Waals surface area contributed by atoms with E-state index in [4.69, 9.17) is 6.42 Å². The van der Waals surface area contributed by atoms with Gasteiger partial charge >= 0.3 is 0 Å². The molecule has 0 aromatic rings. The fourth-order valence-electron chi connectivity index (χ4n) is 2.51. The molecule has 1 aliphatic rings. The Labute approximate surface area is 134 Å². The Kier molecular flexibility index (Phi) is 6.37. The van der Waals surface area contributed by atoms with E-state index in [1.165, 1.54) is 5.01 Å². The van der Waals surface area contributed by atoms with Crippen LogP contribution in [0.15, 0.2) is 12.2 Å². The normalized spacial score (nSPS) is 19.3. The maximum Gasteiger partial charge on any atom is 0.256 e. The van der Waals surface area contributed by atoms with Gasteiger partial charge in [0, 0.05) is 11.8 Å². The molecule has 1 amide bonds. The largest absolute Gasteiger partial charge is 0.297 e. The standard InChI is InChI=1S/C18H28N2O2/c1-7-9-10-11-14-17(22)20(19-14)15(12-13(3)8-2)16(21)18(4,5)6/h2,14-15,19H,3,7,9-12H2,1,4-6H3. The Balaban J connectivity index is 2.74. The quantitative estimate of drug-likeness (QED) is 0.554. The van der Waals surface area contributed by atoms with Gasteiger partial charge in [-0.3, -0.25) is 14.6 Å². The van der Waals surface area contributed by atoms with E-state index in [-0.39, 0.29) is 17.7 Å². The van der Waals surface area contributed by atoms with E-state index in [0.717, 1.165) is 25.7 Å². The number of nitrogens with one attached hydrogen (secondary N) is 1. The molecule has 0 bridgehead atoms. The molecular formula is C18H28N2O2. The molecule has 1 N–H and O–H groups in total. The number of ketones is 1. The van der Waals surface area contributed by atoms with Crippen molar-refractivity contribution in [1.82, 2.24) is 10.4 Å². The molecule has 122 valence electrons. The Morgan fingerprint density at radius 1 is 1.45 bits per heavy atom. The lowest BCUT2D eigenvalue weighted by Gasteiger charge is -2.45. The maximum absolute atomic E-state index is 12.6. The van der Waals surface area contributed by atoms with Gasteiger partial charge in [-0.05, 0) is 12.0 Å². The average Bonchev–Trinajstić information content (AvgIpc) is 2.46. The van der Waals surface area contributed by atoms with Crippen LogP contribution in [-0.4, -0.2) is 28.8 Å². The first-order valence-electron chi connectivity index (χ1n) is 8.00. The van der Waals surface area contributed by atoms with E-state index >= 15 is 0 Å². The Hall–Kier alpha value is -1.60. The monoisotopic (exact) mass is 304 g/mol. The van der Waals surface area contributed by atoms with E-state index in [1.54, 1.807) is 0 Å². The summed E-state index contributed by atoms with van der Waals surface area (Å²) in [5, 5.41) is 1.45. The highest BCUT2D eigenvalue weighted by Gasteiger charge is 2.45. The van der Waals surface area contributed by atoms with Crippen LogP contribution in [-0.2, 0) is 9.59 Å². The van der Waals surface area contributed by atoms with Crippen molar-refractivity contribution < 1.29 is 9.59 Å². The zero-order valence-corrected chi connectivity index (χ0v) is 14.2. The van der Waals surface area contributed by atoms with Crippen LogP contribution in [0.5, 0.6) is 0 Å². The van der Waals surface area contributed by atoms with E-state index < -0.39 is 11.5 Å². The summed E-state index contributed by atoms with van der Waals surface area (Å²) in [7, 11) is 0. The summed E-state index contributed by atoms with van der Waals surface area (Å²) in [6.07, 6.45) is 9.73. The minimum Gasteiger partial charge on any atom is -0.297 e. The molecule has 1 fully saturated rings. The molecule has 4 heteroatoms. The van der Waals surface area contributed by atoms with Gasteiger partial charge in [0.15, 0.2) is 5.78 Å². The minimum atomic E-state index is -0.571. The second-order valence-electron chi connectivity index (χ2n) is 6.97. The molecule has 4 nitrogen and oxygen atoms in total. The van der Waals surface area contributed by atoms with Gasteiger partial charge in [0.25, 0.3) is 5.91 Å². The van der Waals surface area contributed by atoms with Crippen molar-refractivity contribution >= 4 is 11.7 Å². The maximum atomic E-state index is 12.6. The number of amides is 1. The Bertz CT molecular complexity index is 482. The third-order valence-electron chi connectivity index (χ3n) is 3.92. The van der Waals surface area contributed by atoms with Crippen LogP contribution in [0.25, 0.3) is 0 Å². The van der Waals surface area contributed by atoms with Crippen LogP contribution >= 0.6 is 0 Å². The smallest absolute Gasteiger partial charge is 0.256 e. The zero-order valence-electron chi connectivity index (χ0n) is 14.2. The van der Waals surface area contributed by atoms with Crippen LogP contribution in [0.1, 0.15) is 59.8 Å². The van der Waals surface area contributed by atoms with Gasteiger partial charge in [-0.2, -0.15) is 0 Å². The molecule has 22 heavy (non-hydrogen) atoms. The number of carbonyl (C=O) groups excluding carboxylic acids is 2. The number of rotatable bonds is 8. The molecule has 1 rings (SSSR count). The van der Waals surface area contributed by atoms with E-state index in [2.05, 4.69) is 24.8 Å². The predicted octanol–water partition coefficient (Wildman–Crippen LogP) is 2.85. The lowest BCUT2D eigenvalue weighted by molar-refractivity contribution is -0.163. The molecule has 2 atom stereocenters. The van der Waals surface area contributed by atoms with Crippen LogP contribution in [0.2, 0.25) is 0 Å². The van der Waals surface area contributed by atoms with Gasteiger partial charge < -0.3 is 0 Å². The zero-order chi connectivity index (χ0) is 16.9. The summed E-state index contributed by atoms with van der Waals surface area (Å²) in [4.78, 5) is 24.9. The van der Waals surface area contributed by atoms with Crippen molar-refractivity contribution in [3.05, 3.63) is 12.2 Å². The first kappa shape index (κ1) is 18.4. The van der Waals surface area contributed by atoms with Gasteiger partial charge in [-0.15, -0.1) is 6.42 Å². The minimum absolute atomic E-state index is 0.00300. The summed E-state index contributed by atoms with van der Waals surface area (Å²) in [5.41, 5.74) is 3.13. The van der Waals surface area contributed by atoms with Crippen molar-refractivity contribution in [3.63, 3.8) is 0 Å². The molecule has 1 heterocycles. The van der Waals surface area contributed by atoms with Gasteiger partial charge in [-0.1, -0.05) is 59.5 Å². The fourth-order valence-corrected chi connectivity index (χ4v) is 2.51. The summed E-state index contributed by atoms with van der Waals surface area (Å²) in [6, 6.07) is -0.737. The molecule has 0 saturated carbocycles. The fraction of sp³-hybridized carbons (Fsp3) is 0.667. The van der Waals surface area contributed by atoms with Crippen molar-refractivity contribution in [2.24, 2.45) is 5.41 Å².